The van der Waals surface area contributed by atoms with Crippen molar-refractivity contribution in [2.75, 3.05) is 0 Å². The fraction of sp³-hybridized carbons (Fsp3) is 0.0526. The summed E-state index contributed by atoms with van der Waals surface area (Å²) in [5.41, 5.74) is 6.88. The summed E-state index contributed by atoms with van der Waals surface area (Å²) in [6, 6.07) is 40.0. The van der Waals surface area contributed by atoms with Crippen LogP contribution in [0, 0.1) is 19.9 Å². The number of benzene rings is 5. The molecule has 0 saturated carbocycles. The van der Waals surface area contributed by atoms with E-state index in [4.69, 9.17) is 14.7 Å². The first-order valence-electron chi connectivity index (χ1n) is 14.2. The van der Waals surface area contributed by atoms with Gasteiger partial charge in [0.2, 0.25) is 5.88 Å². The van der Waals surface area contributed by atoms with E-state index in [-0.39, 0.29) is 26.8 Å². The Morgan fingerprint density at radius 2 is 1.57 bits per heavy atom. The number of ether oxygens (including phenoxy) is 1. The summed E-state index contributed by atoms with van der Waals surface area (Å²) in [6.07, 6.45) is 1.85. The molecule has 0 atom stereocenters. The number of phenolic OH excluding ortho intramolecular Hbond substituents is 1. The summed E-state index contributed by atoms with van der Waals surface area (Å²) in [4.78, 5) is 9.51. The molecule has 5 nitrogen and oxygen atoms in total. The summed E-state index contributed by atoms with van der Waals surface area (Å²) in [7, 11) is 0. The maximum atomic E-state index is 11.0. The van der Waals surface area contributed by atoms with E-state index in [1.165, 1.54) is 0 Å². The first-order valence-corrected chi connectivity index (χ1v) is 14.2. The molecule has 0 fully saturated rings. The third-order valence-corrected chi connectivity index (χ3v) is 8.06. The van der Waals surface area contributed by atoms with E-state index in [1.807, 2.05) is 79.0 Å². The molecule has 0 radical (unpaired) electrons. The molecule has 6 heteroatoms. The molecule has 0 unspecified atom stereocenters. The van der Waals surface area contributed by atoms with E-state index in [9.17, 15) is 5.11 Å². The number of fused-ring (bicyclic) bond motifs is 5. The number of hydrogen-bond acceptors (Lipinski definition) is 4. The van der Waals surface area contributed by atoms with Crippen molar-refractivity contribution in [3.05, 3.63) is 133 Å². The van der Waals surface area contributed by atoms with Gasteiger partial charge in [0.1, 0.15) is 17.1 Å². The number of hydrogen-bond donors (Lipinski definition) is 1. The molecular formula is C38H26N3O2Pt-. The van der Waals surface area contributed by atoms with E-state index in [1.54, 1.807) is 0 Å². The molecule has 216 valence electrons. The van der Waals surface area contributed by atoms with Gasteiger partial charge in [-0.1, -0.05) is 84.6 Å². The third kappa shape index (κ3) is 4.61. The van der Waals surface area contributed by atoms with Crippen LogP contribution in [0.2, 0.25) is 0 Å². The monoisotopic (exact) mass is 751 g/mol. The van der Waals surface area contributed by atoms with E-state index >= 15 is 0 Å². The molecule has 0 aliphatic carbocycles. The number of rotatable bonds is 4. The zero-order chi connectivity index (χ0) is 29.1. The van der Waals surface area contributed by atoms with E-state index in [0.717, 1.165) is 66.0 Å². The van der Waals surface area contributed by atoms with Gasteiger partial charge in [0, 0.05) is 55.4 Å². The molecule has 5 aromatic carbocycles. The maximum Gasteiger partial charge on any atom is 0.217 e. The van der Waals surface area contributed by atoms with Gasteiger partial charge < -0.3 is 14.4 Å². The Bertz CT molecular complexity index is 2360. The molecule has 44 heavy (non-hydrogen) atoms. The van der Waals surface area contributed by atoms with Crippen LogP contribution in [-0.2, 0) is 21.1 Å². The van der Waals surface area contributed by atoms with Crippen molar-refractivity contribution in [3.63, 3.8) is 0 Å². The summed E-state index contributed by atoms with van der Waals surface area (Å²) in [6.45, 7) is 4.19. The van der Waals surface area contributed by atoms with Gasteiger partial charge in [-0.3, -0.25) is 0 Å². The molecule has 3 heterocycles. The third-order valence-electron chi connectivity index (χ3n) is 8.06. The second kappa shape index (κ2) is 10.9. The van der Waals surface area contributed by atoms with Gasteiger partial charge in [-0.05, 0) is 64.7 Å². The maximum absolute atomic E-state index is 11.0. The predicted molar refractivity (Wildman–Crippen MR) is 173 cm³/mol. The first kappa shape index (κ1) is 27.8. The minimum absolute atomic E-state index is 0. The van der Waals surface area contributed by atoms with E-state index in [2.05, 4.69) is 60.9 Å². The number of aromatic nitrogens is 3. The van der Waals surface area contributed by atoms with E-state index < -0.39 is 0 Å². The Morgan fingerprint density at radius 1 is 0.750 bits per heavy atom. The molecule has 8 rings (SSSR count). The zero-order valence-electron chi connectivity index (χ0n) is 24.0. The Morgan fingerprint density at radius 3 is 2.43 bits per heavy atom. The fourth-order valence-corrected chi connectivity index (χ4v) is 6.04. The standard InChI is InChI=1S/C38H26N3O2.Pt/c1-23-12-14-31-32(18-23)41(34-21-26(16-17-39-34)25-8-4-3-5-9-25)33-22-29(19-24(2)36(31)33)43-35-15-13-28-20-27-10-6-7-11-30(27)38(42)37(28)40-35;/h3-21,42H,1-2H3;/q-1;. The molecule has 0 saturated heterocycles. The van der Waals surface area contributed by atoms with Crippen LogP contribution in [0.1, 0.15) is 11.1 Å². The Balaban J connectivity index is 0.00000312. The first-order chi connectivity index (χ1) is 21.0. The Kier molecular flexibility index (Phi) is 6.91. The fourth-order valence-electron chi connectivity index (χ4n) is 6.04. The largest absolute Gasteiger partial charge is 0.505 e. The van der Waals surface area contributed by atoms with Gasteiger partial charge in [0.15, 0.2) is 0 Å². The summed E-state index contributed by atoms with van der Waals surface area (Å²) >= 11 is 0. The van der Waals surface area contributed by atoms with E-state index in [0.29, 0.717) is 17.1 Å². The molecule has 0 aliphatic rings. The van der Waals surface area contributed by atoms with Gasteiger partial charge in [0.05, 0.1) is 0 Å². The molecule has 3 aromatic heterocycles. The number of pyridine rings is 2. The van der Waals surface area contributed by atoms with Crippen molar-refractivity contribution in [3.8, 4) is 34.3 Å². The Labute approximate surface area is 268 Å². The summed E-state index contributed by atoms with van der Waals surface area (Å²) in [5, 5.41) is 15.8. The SMILES string of the molecule is Cc1ccc2c3c(C)cc(Oc4ccc5cc6ccccc6c(O)c5n4)[c-]c3n(-c3cc(-c4ccccc4)ccn3)c2c1.[Pt]. The van der Waals surface area contributed by atoms with Crippen LogP contribution in [-0.4, -0.2) is 19.6 Å². The van der Waals surface area contributed by atoms with Crippen LogP contribution >= 0.6 is 0 Å². The minimum atomic E-state index is 0. The topological polar surface area (TPSA) is 60.2 Å². The number of aromatic hydroxyl groups is 1. The smallest absolute Gasteiger partial charge is 0.217 e. The van der Waals surface area contributed by atoms with Crippen molar-refractivity contribution in [2.24, 2.45) is 0 Å². The predicted octanol–water partition coefficient (Wildman–Crippen LogP) is 9.46. The van der Waals surface area contributed by atoms with Crippen LogP contribution in [0.15, 0.2) is 115 Å². The van der Waals surface area contributed by atoms with Crippen molar-refractivity contribution in [2.45, 2.75) is 13.8 Å². The van der Waals surface area contributed by atoms with Crippen LogP contribution in [0.5, 0.6) is 17.4 Å². The average molecular weight is 752 g/mol. The molecule has 0 bridgehead atoms. The van der Waals surface area contributed by atoms with Gasteiger partial charge >= 0.3 is 0 Å². The van der Waals surface area contributed by atoms with Crippen molar-refractivity contribution >= 4 is 43.5 Å². The summed E-state index contributed by atoms with van der Waals surface area (Å²) in [5.74, 6) is 1.88. The van der Waals surface area contributed by atoms with Crippen LogP contribution < -0.4 is 4.74 Å². The van der Waals surface area contributed by atoms with Crippen LogP contribution in [0.25, 0.3) is 60.4 Å². The molecule has 0 aliphatic heterocycles. The van der Waals surface area contributed by atoms with Gasteiger partial charge in [0.25, 0.3) is 0 Å². The molecule has 0 amide bonds. The van der Waals surface area contributed by atoms with Crippen molar-refractivity contribution in [1.82, 2.24) is 14.5 Å². The van der Waals surface area contributed by atoms with Gasteiger partial charge in [-0.2, -0.15) is 0 Å². The van der Waals surface area contributed by atoms with Crippen molar-refractivity contribution < 1.29 is 30.9 Å². The van der Waals surface area contributed by atoms with Crippen molar-refractivity contribution in [1.29, 1.82) is 0 Å². The molecular weight excluding hydrogens is 726 g/mol. The van der Waals surface area contributed by atoms with Crippen LogP contribution in [0.4, 0.5) is 0 Å². The van der Waals surface area contributed by atoms with Gasteiger partial charge in [-0.15, -0.1) is 17.7 Å². The second-order valence-corrected chi connectivity index (χ2v) is 10.9. The zero-order valence-corrected chi connectivity index (χ0v) is 26.3. The average Bonchev–Trinajstić information content (AvgIpc) is 3.35. The van der Waals surface area contributed by atoms with Gasteiger partial charge in [-0.25, -0.2) is 9.97 Å². The second-order valence-electron chi connectivity index (χ2n) is 10.9. The molecule has 1 N–H and O–H groups in total. The number of nitrogens with zero attached hydrogens (tertiary/aromatic N) is 3. The summed E-state index contributed by atoms with van der Waals surface area (Å²) < 4.78 is 8.50. The van der Waals surface area contributed by atoms with Crippen LogP contribution in [0.3, 0.4) is 0 Å². The minimum Gasteiger partial charge on any atom is -0.505 e. The molecule has 8 aromatic rings. The number of phenols is 1. The Hall–Kier alpha value is -4.99. The number of aryl methyl sites for hydroxylation is 2. The molecule has 0 spiro atoms. The quantitative estimate of drug-likeness (QED) is 0.144. The normalized spacial score (nSPS) is 11.3.